The molecule has 0 aliphatic heterocycles. The highest BCUT2D eigenvalue weighted by molar-refractivity contribution is 5.81. The van der Waals surface area contributed by atoms with Gasteiger partial charge in [0.15, 0.2) is 0 Å². The lowest BCUT2D eigenvalue weighted by molar-refractivity contribution is -0.138. The minimum atomic E-state index is -0.408. The first-order valence-electron chi connectivity index (χ1n) is 15.2. The number of esters is 2. The van der Waals surface area contributed by atoms with Crippen LogP contribution in [0.25, 0.3) is 11.1 Å². The Kier molecular flexibility index (Phi) is 11.5. The van der Waals surface area contributed by atoms with E-state index in [-0.39, 0.29) is 0 Å². The van der Waals surface area contributed by atoms with E-state index in [9.17, 15) is 9.59 Å². The number of carbonyl (C=O) groups excluding carboxylic acids is 2. The van der Waals surface area contributed by atoms with Gasteiger partial charge in [-0.25, -0.2) is 9.59 Å². The number of ether oxygens (including phenoxy) is 2. The largest absolute Gasteiger partial charge is 0.462 e. The van der Waals surface area contributed by atoms with Crippen LogP contribution in [0.5, 0.6) is 0 Å². The number of carbonyl (C=O) groups is 2. The molecule has 0 aliphatic rings. The molecular weight excluding hydrogens is 568 g/mol. The van der Waals surface area contributed by atoms with E-state index in [2.05, 4.69) is 88.8 Å². The van der Waals surface area contributed by atoms with E-state index in [1.807, 2.05) is 48.5 Å². The summed E-state index contributed by atoms with van der Waals surface area (Å²) in [6.45, 7) is 16.0. The van der Waals surface area contributed by atoms with Crippen molar-refractivity contribution in [2.24, 2.45) is 0 Å². The molecule has 46 heavy (non-hydrogen) atoms. The standard InChI is InChI=1S/C42H38O4/c1-7-39(43)45-23-21-35-13-9-33(10-14-35)17-19-37-25-29(3)41(30(4)26-37)42-31(5)27-38(28-32(42)6)20-18-34-11-15-36(16-12-34)22-24-46-40(44)8-2/h7-16,25-28H,1-2,21-24H2,3-6H3. The second kappa shape index (κ2) is 15.9. The Balaban J connectivity index is 1.45. The van der Waals surface area contributed by atoms with E-state index in [0.29, 0.717) is 26.1 Å². The topological polar surface area (TPSA) is 52.6 Å². The van der Waals surface area contributed by atoms with Crippen LogP contribution in [0.1, 0.15) is 55.6 Å². The molecule has 0 fully saturated rings. The second-order valence-electron chi connectivity index (χ2n) is 11.1. The molecule has 4 rings (SSSR count). The molecule has 4 aromatic carbocycles. The van der Waals surface area contributed by atoms with Gasteiger partial charge in [0.1, 0.15) is 0 Å². The summed E-state index contributed by atoms with van der Waals surface area (Å²) in [5, 5.41) is 0. The van der Waals surface area contributed by atoms with Gasteiger partial charge in [-0.05, 0) is 121 Å². The van der Waals surface area contributed by atoms with Gasteiger partial charge in [0.05, 0.1) is 13.2 Å². The number of rotatable bonds is 9. The first-order chi connectivity index (χ1) is 22.2. The van der Waals surface area contributed by atoms with Crippen LogP contribution in [0.3, 0.4) is 0 Å². The number of benzene rings is 4. The molecule has 0 N–H and O–H groups in total. The van der Waals surface area contributed by atoms with Crippen LogP contribution in [-0.2, 0) is 31.9 Å². The van der Waals surface area contributed by atoms with Crippen molar-refractivity contribution in [2.75, 3.05) is 13.2 Å². The summed E-state index contributed by atoms with van der Waals surface area (Å²) in [6.07, 6.45) is 3.63. The molecule has 0 aromatic heterocycles. The molecule has 0 spiro atoms. The molecule has 0 bridgehead atoms. The zero-order chi connectivity index (χ0) is 33.1. The molecule has 0 amide bonds. The monoisotopic (exact) mass is 606 g/mol. The van der Waals surface area contributed by atoms with Gasteiger partial charge in [-0.3, -0.25) is 0 Å². The minimum Gasteiger partial charge on any atom is -0.462 e. The summed E-state index contributed by atoms with van der Waals surface area (Å²) in [5.41, 5.74) is 13.1. The Hall–Kier alpha value is -5.58. The minimum absolute atomic E-state index is 0.324. The molecule has 0 aliphatic carbocycles. The molecular formula is C42H38O4. The van der Waals surface area contributed by atoms with Gasteiger partial charge in [0, 0.05) is 47.2 Å². The van der Waals surface area contributed by atoms with Crippen molar-refractivity contribution in [1.82, 2.24) is 0 Å². The Morgan fingerprint density at radius 3 is 1.15 bits per heavy atom. The number of hydrogen-bond acceptors (Lipinski definition) is 4. The first kappa shape index (κ1) is 33.3. The van der Waals surface area contributed by atoms with Gasteiger partial charge in [0.2, 0.25) is 0 Å². The highest BCUT2D eigenvalue weighted by Gasteiger charge is 2.13. The average molecular weight is 607 g/mol. The van der Waals surface area contributed by atoms with Crippen LogP contribution in [0.4, 0.5) is 0 Å². The fraction of sp³-hybridized carbons (Fsp3) is 0.190. The molecule has 0 saturated heterocycles. The average Bonchev–Trinajstić information content (AvgIpc) is 3.04. The quantitative estimate of drug-likeness (QED) is 0.110. The molecule has 4 heteroatoms. The maximum absolute atomic E-state index is 11.2. The zero-order valence-electron chi connectivity index (χ0n) is 27.0. The molecule has 4 nitrogen and oxygen atoms in total. The number of hydrogen-bond donors (Lipinski definition) is 0. The van der Waals surface area contributed by atoms with Gasteiger partial charge in [-0.2, -0.15) is 0 Å². The third kappa shape index (κ3) is 9.21. The molecule has 0 heterocycles. The zero-order valence-corrected chi connectivity index (χ0v) is 27.0. The van der Waals surface area contributed by atoms with E-state index >= 15 is 0 Å². The summed E-state index contributed by atoms with van der Waals surface area (Å²) in [6, 6.07) is 24.6. The predicted octanol–water partition coefficient (Wildman–Crippen LogP) is 7.93. The maximum atomic E-state index is 11.2. The lowest BCUT2D eigenvalue weighted by Gasteiger charge is -2.17. The Morgan fingerprint density at radius 1 is 0.543 bits per heavy atom. The fourth-order valence-corrected chi connectivity index (χ4v) is 5.32. The van der Waals surface area contributed by atoms with E-state index in [4.69, 9.17) is 9.47 Å². The normalized spacial score (nSPS) is 10.1. The van der Waals surface area contributed by atoms with Gasteiger partial charge < -0.3 is 9.47 Å². The first-order valence-corrected chi connectivity index (χ1v) is 15.2. The molecule has 4 aromatic rings. The maximum Gasteiger partial charge on any atom is 0.330 e. The van der Waals surface area contributed by atoms with Crippen molar-refractivity contribution in [3.8, 4) is 34.8 Å². The van der Waals surface area contributed by atoms with Crippen LogP contribution in [0, 0.1) is 51.4 Å². The Labute approximate surface area is 272 Å². The van der Waals surface area contributed by atoms with E-state index in [1.165, 1.54) is 45.5 Å². The van der Waals surface area contributed by atoms with Crippen LogP contribution < -0.4 is 0 Å². The van der Waals surface area contributed by atoms with Crippen molar-refractivity contribution >= 4 is 11.9 Å². The molecule has 0 radical (unpaired) electrons. The fourth-order valence-electron chi connectivity index (χ4n) is 5.32. The summed E-state index contributed by atoms with van der Waals surface area (Å²) in [5.74, 6) is 12.4. The Bertz CT molecular complexity index is 1700. The smallest absolute Gasteiger partial charge is 0.330 e. The highest BCUT2D eigenvalue weighted by atomic mass is 16.5. The van der Waals surface area contributed by atoms with Crippen molar-refractivity contribution in [3.05, 3.63) is 154 Å². The lowest BCUT2D eigenvalue weighted by Crippen LogP contribution is -2.04. The highest BCUT2D eigenvalue weighted by Crippen LogP contribution is 2.34. The van der Waals surface area contributed by atoms with Crippen LogP contribution in [-0.4, -0.2) is 25.2 Å². The lowest BCUT2D eigenvalue weighted by atomic mass is 9.87. The van der Waals surface area contributed by atoms with Gasteiger partial charge in [-0.1, -0.05) is 61.1 Å². The molecule has 230 valence electrons. The number of aryl methyl sites for hydroxylation is 4. The van der Waals surface area contributed by atoms with Gasteiger partial charge in [-0.15, -0.1) is 0 Å². The van der Waals surface area contributed by atoms with Crippen molar-refractivity contribution in [3.63, 3.8) is 0 Å². The molecule has 0 saturated carbocycles. The summed E-state index contributed by atoms with van der Waals surface area (Å²) < 4.78 is 10.1. The van der Waals surface area contributed by atoms with Gasteiger partial charge >= 0.3 is 11.9 Å². The second-order valence-corrected chi connectivity index (χ2v) is 11.1. The molecule has 0 unspecified atom stereocenters. The van der Waals surface area contributed by atoms with Gasteiger partial charge in [0.25, 0.3) is 0 Å². The van der Waals surface area contributed by atoms with Crippen LogP contribution in [0.2, 0.25) is 0 Å². The van der Waals surface area contributed by atoms with E-state index in [0.717, 1.165) is 33.4 Å². The summed E-state index contributed by atoms with van der Waals surface area (Å²) in [7, 11) is 0. The predicted molar refractivity (Wildman–Crippen MR) is 185 cm³/mol. The third-order valence-electron chi connectivity index (χ3n) is 7.53. The van der Waals surface area contributed by atoms with Crippen LogP contribution in [0.15, 0.2) is 98.1 Å². The van der Waals surface area contributed by atoms with Crippen molar-refractivity contribution in [2.45, 2.75) is 40.5 Å². The van der Waals surface area contributed by atoms with E-state index in [1.54, 1.807) is 0 Å². The SMILES string of the molecule is C=CC(=O)OCCc1ccc(C#Cc2cc(C)c(-c3c(C)cc(C#Cc4ccc(CCOC(=O)C=C)cc4)cc3C)c(C)c2)cc1. The van der Waals surface area contributed by atoms with Crippen LogP contribution >= 0.6 is 0 Å². The molecule has 0 atom stereocenters. The van der Waals surface area contributed by atoms with E-state index < -0.39 is 11.9 Å². The Morgan fingerprint density at radius 2 is 0.848 bits per heavy atom. The van der Waals surface area contributed by atoms with Crippen molar-refractivity contribution < 1.29 is 19.1 Å². The van der Waals surface area contributed by atoms with Crippen molar-refractivity contribution in [1.29, 1.82) is 0 Å². The summed E-state index contributed by atoms with van der Waals surface area (Å²) in [4.78, 5) is 22.4. The third-order valence-corrected chi connectivity index (χ3v) is 7.53. The summed E-state index contributed by atoms with van der Waals surface area (Å²) >= 11 is 0.